The van der Waals surface area contributed by atoms with Gasteiger partial charge < -0.3 is 30.3 Å². The Morgan fingerprint density at radius 2 is 0.741 bits per heavy atom. The Morgan fingerprint density at radius 1 is 0.463 bits per heavy atom. The van der Waals surface area contributed by atoms with Gasteiger partial charge in [0.15, 0.2) is 13.2 Å². The number of hydrogen-bond donors (Lipinski definition) is 4. The molecule has 1 aliphatic carbocycles. The molecule has 8 nitrogen and oxygen atoms in total. The second kappa shape index (κ2) is 16.0. The molecule has 0 fully saturated rings. The lowest BCUT2D eigenvalue weighted by molar-refractivity contribution is -0.118. The highest BCUT2D eigenvalue weighted by Gasteiger charge is 2.21. The van der Waals surface area contributed by atoms with E-state index in [9.17, 15) is 19.8 Å². The first-order valence-electron chi connectivity index (χ1n) is 18.0. The highest BCUT2D eigenvalue weighted by Crippen LogP contribution is 2.38. The summed E-state index contributed by atoms with van der Waals surface area (Å²) in [5.41, 5.74) is 9.44. The first-order chi connectivity index (χ1) is 26.2. The van der Waals surface area contributed by atoms with E-state index in [0.29, 0.717) is 70.8 Å². The van der Waals surface area contributed by atoms with Gasteiger partial charge in [0.1, 0.15) is 23.0 Å². The van der Waals surface area contributed by atoms with E-state index in [-0.39, 0.29) is 36.5 Å². The van der Waals surface area contributed by atoms with Crippen LogP contribution in [-0.2, 0) is 35.3 Å². The number of hydrogen-bond acceptors (Lipinski definition) is 6. The van der Waals surface area contributed by atoms with Crippen LogP contribution in [0.2, 0.25) is 0 Å². The molecule has 0 heterocycles. The van der Waals surface area contributed by atoms with E-state index in [1.807, 2.05) is 135 Å². The molecule has 2 amide bonds. The number of para-hydroxylation sites is 4. The van der Waals surface area contributed by atoms with Gasteiger partial charge in [-0.3, -0.25) is 9.59 Å². The van der Waals surface area contributed by atoms with E-state index in [1.165, 1.54) is 0 Å². The van der Waals surface area contributed by atoms with Crippen LogP contribution in [0.1, 0.15) is 55.6 Å². The van der Waals surface area contributed by atoms with Crippen LogP contribution < -0.4 is 20.1 Å². The van der Waals surface area contributed by atoms with Gasteiger partial charge >= 0.3 is 0 Å². The van der Waals surface area contributed by atoms with Crippen LogP contribution in [0.15, 0.2) is 121 Å². The van der Waals surface area contributed by atoms with Crippen molar-refractivity contribution in [3.63, 3.8) is 0 Å². The van der Waals surface area contributed by atoms with Crippen molar-refractivity contribution in [2.45, 2.75) is 39.5 Å². The molecule has 0 radical (unpaired) electrons. The predicted octanol–water partition coefficient (Wildman–Crippen LogP) is 8.43. The molecule has 8 heteroatoms. The summed E-state index contributed by atoms with van der Waals surface area (Å²) < 4.78 is 12.6. The fraction of sp³-hybridized carbons (Fsp3) is 0.174. The summed E-state index contributed by atoms with van der Waals surface area (Å²) >= 11 is 0. The molecule has 4 N–H and O–H groups in total. The van der Waals surface area contributed by atoms with Crippen LogP contribution >= 0.6 is 0 Å². The zero-order valence-electron chi connectivity index (χ0n) is 30.3. The molecule has 0 unspecified atom stereocenters. The number of carbonyl (C=O) groups excluding carboxylic acids is 2. The second-order valence-corrected chi connectivity index (χ2v) is 13.8. The third-order valence-corrected chi connectivity index (χ3v) is 9.65. The maximum Gasteiger partial charge on any atom is 0.262 e. The van der Waals surface area contributed by atoms with E-state index in [0.717, 1.165) is 33.4 Å². The molecule has 8 bridgehead atoms. The van der Waals surface area contributed by atoms with Crippen molar-refractivity contribution in [2.24, 2.45) is 0 Å². The van der Waals surface area contributed by atoms with Crippen molar-refractivity contribution in [1.29, 1.82) is 0 Å². The van der Waals surface area contributed by atoms with Gasteiger partial charge in [-0.1, -0.05) is 108 Å². The number of phenols is 2. The first kappa shape index (κ1) is 35.8. The average Bonchev–Trinajstić information content (AvgIpc) is 3.16. The number of phenolic OH excluding ortho intramolecular Hbond substituents is 2. The number of ether oxygens (including phenoxy) is 2. The standard InChI is InChI=1S/C46H42N2O6/c1-29-15-19-39(20-16-29)47-41(49)27-53-45-35-11-5-12-36(45)24-32-8-4-10-34(44(32)52)26-38-14-6-13-37(25-33-9-3-7-31(23-35)43(33)51)46(38)54-28-42(50)48-40-21-17-30(2)18-22-40/h3-22,51-52H,23-28H2,1-2H3,(H,47,49)(H,48,50). The number of carbonyl (C=O) groups is 2. The van der Waals surface area contributed by atoms with Gasteiger partial charge in [-0.15, -0.1) is 0 Å². The molecule has 54 heavy (non-hydrogen) atoms. The van der Waals surface area contributed by atoms with Crippen molar-refractivity contribution in [2.75, 3.05) is 23.8 Å². The van der Waals surface area contributed by atoms with Crippen molar-refractivity contribution in [3.8, 4) is 23.0 Å². The van der Waals surface area contributed by atoms with Crippen LogP contribution in [0, 0.1) is 13.8 Å². The molecule has 6 aromatic rings. The lowest BCUT2D eigenvalue weighted by Crippen LogP contribution is -2.21. The Balaban J connectivity index is 1.23. The van der Waals surface area contributed by atoms with Crippen LogP contribution in [0.4, 0.5) is 11.4 Å². The number of aromatic hydroxyl groups is 2. The van der Waals surface area contributed by atoms with Crippen LogP contribution in [0.5, 0.6) is 23.0 Å². The summed E-state index contributed by atoms with van der Waals surface area (Å²) in [4.78, 5) is 26.1. The summed E-state index contributed by atoms with van der Waals surface area (Å²) in [5.74, 6) is 0.751. The average molecular weight is 719 g/mol. The Kier molecular flexibility index (Phi) is 10.6. The van der Waals surface area contributed by atoms with Crippen LogP contribution in [0.25, 0.3) is 0 Å². The second-order valence-electron chi connectivity index (χ2n) is 13.8. The van der Waals surface area contributed by atoms with Gasteiger partial charge in [0, 0.05) is 37.1 Å². The van der Waals surface area contributed by atoms with E-state index >= 15 is 0 Å². The predicted molar refractivity (Wildman–Crippen MR) is 211 cm³/mol. The molecule has 7 rings (SSSR count). The summed E-state index contributed by atoms with van der Waals surface area (Å²) in [6.07, 6.45) is 1.32. The minimum Gasteiger partial charge on any atom is -0.507 e. The van der Waals surface area contributed by atoms with Crippen LogP contribution in [0.3, 0.4) is 0 Å². The summed E-state index contributed by atoms with van der Waals surface area (Å²) in [5, 5.41) is 29.2. The summed E-state index contributed by atoms with van der Waals surface area (Å²) in [6, 6.07) is 38.0. The maximum absolute atomic E-state index is 13.1. The summed E-state index contributed by atoms with van der Waals surface area (Å²) in [6.45, 7) is 3.52. The van der Waals surface area contributed by atoms with E-state index in [1.54, 1.807) is 0 Å². The Labute approximate surface area is 315 Å². The first-order valence-corrected chi connectivity index (χ1v) is 18.0. The van der Waals surface area contributed by atoms with Gasteiger partial charge in [0.25, 0.3) is 11.8 Å². The number of anilines is 2. The van der Waals surface area contributed by atoms with Gasteiger partial charge in [-0.05, 0) is 82.6 Å². The molecule has 272 valence electrons. The van der Waals surface area contributed by atoms with E-state index in [4.69, 9.17) is 9.47 Å². The Morgan fingerprint density at radius 3 is 1.04 bits per heavy atom. The minimum atomic E-state index is -0.303. The van der Waals surface area contributed by atoms with Gasteiger partial charge in [0.05, 0.1) is 0 Å². The number of benzene rings is 6. The Hall–Kier alpha value is -6.54. The quantitative estimate of drug-likeness (QED) is 0.125. The highest BCUT2D eigenvalue weighted by atomic mass is 16.5. The SMILES string of the molecule is Cc1ccc(NC(=O)COc2c3cccc2Cc2cccc(c2O)Cc2cccc(c2OCC(=O)Nc2ccc(C)cc2)Cc2cccc(c2O)C3)cc1. The molecule has 6 aromatic carbocycles. The smallest absolute Gasteiger partial charge is 0.262 e. The molecule has 0 spiro atoms. The van der Waals surface area contributed by atoms with Gasteiger partial charge in [0.2, 0.25) is 0 Å². The number of rotatable bonds is 8. The molecule has 0 aliphatic heterocycles. The third-order valence-electron chi connectivity index (χ3n) is 9.65. The Bertz CT molecular complexity index is 2070. The summed E-state index contributed by atoms with van der Waals surface area (Å²) in [7, 11) is 0. The molecule has 0 saturated heterocycles. The van der Waals surface area contributed by atoms with Crippen molar-refractivity contribution in [3.05, 3.63) is 177 Å². The lowest BCUT2D eigenvalue weighted by Gasteiger charge is -2.20. The monoisotopic (exact) mass is 718 g/mol. The number of nitrogens with one attached hydrogen (secondary N) is 2. The van der Waals surface area contributed by atoms with Crippen molar-refractivity contribution < 1.29 is 29.3 Å². The molecular weight excluding hydrogens is 677 g/mol. The van der Waals surface area contributed by atoms with Crippen LogP contribution in [-0.4, -0.2) is 35.2 Å². The minimum absolute atomic E-state index is 0.148. The fourth-order valence-electron chi connectivity index (χ4n) is 6.83. The molecule has 0 aromatic heterocycles. The highest BCUT2D eigenvalue weighted by molar-refractivity contribution is 5.92. The number of aryl methyl sites for hydroxylation is 2. The molecule has 1 aliphatic rings. The van der Waals surface area contributed by atoms with E-state index in [2.05, 4.69) is 10.6 Å². The third kappa shape index (κ3) is 8.40. The molecule has 0 atom stereocenters. The van der Waals surface area contributed by atoms with E-state index < -0.39 is 0 Å². The normalized spacial score (nSPS) is 12.0. The molecular formula is C46H42N2O6. The molecule has 0 saturated carbocycles. The van der Waals surface area contributed by atoms with Crippen molar-refractivity contribution in [1.82, 2.24) is 0 Å². The number of amides is 2. The zero-order valence-corrected chi connectivity index (χ0v) is 30.3. The van der Waals surface area contributed by atoms with Crippen molar-refractivity contribution >= 4 is 23.2 Å². The zero-order chi connectivity index (χ0) is 37.6. The largest absolute Gasteiger partial charge is 0.507 e. The lowest BCUT2D eigenvalue weighted by atomic mass is 9.91. The number of fused-ring (bicyclic) bond motifs is 8. The van der Waals surface area contributed by atoms with Gasteiger partial charge in [-0.25, -0.2) is 0 Å². The topological polar surface area (TPSA) is 117 Å². The fourth-order valence-corrected chi connectivity index (χ4v) is 6.83. The van der Waals surface area contributed by atoms with Gasteiger partial charge in [-0.2, -0.15) is 0 Å². The maximum atomic E-state index is 13.1.